The molecule has 0 aliphatic carbocycles. The number of benzene rings is 1. The molecule has 0 spiro atoms. The number of hydrogen-bond donors (Lipinski definition) is 1. The number of rotatable bonds is 3. The third-order valence-corrected chi connectivity index (χ3v) is 4.79. The monoisotopic (exact) mass is 373 g/mol. The molecule has 2 aromatic rings. The van der Waals surface area contributed by atoms with E-state index in [2.05, 4.69) is 10.2 Å². The van der Waals surface area contributed by atoms with Gasteiger partial charge < -0.3 is 15.0 Å². The van der Waals surface area contributed by atoms with Crippen LogP contribution in [0.1, 0.15) is 57.7 Å². The lowest BCUT2D eigenvalue weighted by Gasteiger charge is -2.26. The fourth-order valence-corrected chi connectivity index (χ4v) is 3.43. The van der Waals surface area contributed by atoms with Crippen molar-refractivity contribution in [3.63, 3.8) is 0 Å². The van der Waals surface area contributed by atoms with E-state index in [9.17, 15) is 9.18 Å². The summed E-state index contributed by atoms with van der Waals surface area (Å²) in [4.78, 5) is 19.2. The number of aromatic nitrogens is 1. The normalized spacial score (nSPS) is 15.9. The zero-order valence-corrected chi connectivity index (χ0v) is 16.7. The second-order valence-corrected chi connectivity index (χ2v) is 8.21. The van der Waals surface area contributed by atoms with E-state index in [1.807, 2.05) is 33.8 Å². The highest BCUT2D eigenvalue weighted by Crippen LogP contribution is 2.32. The first-order valence-electron chi connectivity index (χ1n) is 9.50. The molecule has 1 aliphatic rings. The molecule has 0 saturated carbocycles. The molecular weight excluding hydrogens is 345 g/mol. The van der Waals surface area contributed by atoms with Gasteiger partial charge in [0, 0.05) is 29.6 Å². The van der Waals surface area contributed by atoms with Crippen LogP contribution >= 0.6 is 0 Å². The first kappa shape index (κ1) is 19.4. The first-order chi connectivity index (χ1) is 12.7. The smallest absolute Gasteiger partial charge is 0.408 e. The highest BCUT2D eigenvalue weighted by atomic mass is 19.1. The number of halogens is 1. The Morgan fingerprint density at radius 3 is 2.59 bits per heavy atom. The van der Waals surface area contributed by atoms with Crippen molar-refractivity contribution in [2.75, 3.05) is 18.0 Å². The third kappa shape index (κ3) is 4.31. The number of ether oxygens (including phenoxy) is 1. The Morgan fingerprint density at radius 1 is 1.30 bits per heavy atom. The molecule has 5 nitrogen and oxygen atoms in total. The minimum Gasteiger partial charge on any atom is -0.444 e. The van der Waals surface area contributed by atoms with Crippen LogP contribution in [0.25, 0.3) is 10.9 Å². The van der Waals surface area contributed by atoms with E-state index >= 15 is 0 Å². The summed E-state index contributed by atoms with van der Waals surface area (Å²) in [5.74, 6) is 0.562. The Hall–Kier alpha value is -2.37. The highest BCUT2D eigenvalue weighted by molar-refractivity contribution is 5.85. The van der Waals surface area contributed by atoms with Crippen LogP contribution in [0.2, 0.25) is 0 Å². The molecule has 1 saturated heterocycles. The van der Waals surface area contributed by atoms with Crippen LogP contribution < -0.4 is 10.2 Å². The summed E-state index contributed by atoms with van der Waals surface area (Å²) in [6.07, 6.45) is 1.75. The Kier molecular flexibility index (Phi) is 5.27. The Morgan fingerprint density at radius 2 is 1.96 bits per heavy atom. The van der Waals surface area contributed by atoms with Crippen LogP contribution in [0.3, 0.4) is 0 Å². The number of carbonyl (C=O) groups is 1. The van der Waals surface area contributed by atoms with E-state index in [0.717, 1.165) is 42.7 Å². The molecule has 0 unspecified atom stereocenters. The first-order valence-corrected chi connectivity index (χ1v) is 9.50. The maximum Gasteiger partial charge on any atom is 0.408 e. The second kappa shape index (κ2) is 7.33. The topological polar surface area (TPSA) is 54.5 Å². The van der Waals surface area contributed by atoms with E-state index in [1.165, 1.54) is 6.07 Å². The molecule has 1 aromatic carbocycles. The molecule has 1 atom stereocenters. The van der Waals surface area contributed by atoms with Crippen LogP contribution in [0.15, 0.2) is 18.2 Å². The molecule has 0 bridgehead atoms. The van der Waals surface area contributed by atoms with Gasteiger partial charge in [-0.15, -0.1) is 0 Å². The number of pyridine rings is 1. The molecule has 3 rings (SSSR count). The summed E-state index contributed by atoms with van der Waals surface area (Å²) in [6.45, 7) is 11.0. The van der Waals surface area contributed by atoms with Gasteiger partial charge in [-0.3, -0.25) is 0 Å². The summed E-state index contributed by atoms with van der Waals surface area (Å²) in [5.41, 5.74) is 1.58. The summed E-state index contributed by atoms with van der Waals surface area (Å²) in [5, 5.41) is 3.77. The van der Waals surface area contributed by atoms with Gasteiger partial charge in [-0.05, 0) is 65.7 Å². The minimum atomic E-state index is -0.558. The van der Waals surface area contributed by atoms with Gasteiger partial charge in [0.1, 0.15) is 17.2 Å². The standard InChI is InChI=1S/C21H28FN3O2/c1-13-17(22)9-8-15-12-16(14(2)23-20(26)27-21(3,4)5)19(24-18(13)15)25-10-6-7-11-25/h8-9,12,14H,6-7,10-11H2,1-5H3,(H,23,26)/t14-/m0/s1. The van der Waals surface area contributed by atoms with Crippen LogP contribution in [-0.4, -0.2) is 29.8 Å². The Labute approximate surface area is 159 Å². The number of aryl methyl sites for hydroxylation is 1. The average molecular weight is 373 g/mol. The van der Waals surface area contributed by atoms with Gasteiger partial charge in [-0.1, -0.05) is 0 Å². The van der Waals surface area contributed by atoms with Crippen molar-refractivity contribution in [1.82, 2.24) is 10.3 Å². The van der Waals surface area contributed by atoms with E-state index in [-0.39, 0.29) is 11.9 Å². The van der Waals surface area contributed by atoms with Gasteiger partial charge in [0.05, 0.1) is 11.6 Å². The van der Waals surface area contributed by atoms with Crippen LogP contribution in [-0.2, 0) is 4.74 Å². The quantitative estimate of drug-likeness (QED) is 0.834. The highest BCUT2D eigenvalue weighted by Gasteiger charge is 2.24. The zero-order chi connectivity index (χ0) is 19.8. The van der Waals surface area contributed by atoms with E-state index in [0.29, 0.717) is 11.1 Å². The SMILES string of the molecule is Cc1c(F)ccc2cc([C@H](C)NC(=O)OC(C)(C)C)c(N3CCCC3)nc12. The fourth-order valence-electron chi connectivity index (χ4n) is 3.43. The molecule has 1 fully saturated rings. The molecule has 1 aliphatic heterocycles. The number of alkyl carbamates (subject to hydrolysis) is 1. The lowest BCUT2D eigenvalue weighted by molar-refractivity contribution is 0.0508. The molecule has 1 aromatic heterocycles. The minimum absolute atomic E-state index is 0.255. The number of carbonyl (C=O) groups excluding carboxylic acids is 1. The number of nitrogens with zero attached hydrogens (tertiary/aromatic N) is 2. The molecule has 27 heavy (non-hydrogen) atoms. The zero-order valence-electron chi connectivity index (χ0n) is 16.7. The van der Waals surface area contributed by atoms with E-state index < -0.39 is 11.7 Å². The summed E-state index contributed by atoms with van der Waals surface area (Å²) in [7, 11) is 0. The average Bonchev–Trinajstić information content (AvgIpc) is 3.10. The van der Waals surface area contributed by atoms with Gasteiger partial charge in [-0.25, -0.2) is 14.2 Å². The molecule has 1 N–H and O–H groups in total. The van der Waals surface area contributed by atoms with Crippen molar-refractivity contribution in [2.24, 2.45) is 0 Å². The summed E-state index contributed by atoms with van der Waals surface area (Å²) >= 11 is 0. The van der Waals surface area contributed by atoms with Gasteiger partial charge in [0.2, 0.25) is 0 Å². The molecule has 1 amide bonds. The van der Waals surface area contributed by atoms with Gasteiger partial charge in [0.15, 0.2) is 0 Å². The molecular formula is C21H28FN3O2. The van der Waals surface area contributed by atoms with Crippen molar-refractivity contribution < 1.29 is 13.9 Å². The number of nitrogens with one attached hydrogen (secondary N) is 1. The maximum absolute atomic E-state index is 14.0. The predicted molar refractivity (Wildman–Crippen MR) is 106 cm³/mol. The van der Waals surface area contributed by atoms with Crippen molar-refractivity contribution in [1.29, 1.82) is 0 Å². The van der Waals surface area contributed by atoms with Gasteiger partial charge in [0.25, 0.3) is 0 Å². The number of hydrogen-bond acceptors (Lipinski definition) is 4. The van der Waals surface area contributed by atoms with Crippen molar-refractivity contribution in [3.8, 4) is 0 Å². The summed E-state index contributed by atoms with van der Waals surface area (Å²) < 4.78 is 19.4. The summed E-state index contributed by atoms with van der Waals surface area (Å²) in [6, 6.07) is 4.93. The Bertz CT molecular complexity index is 855. The fraction of sp³-hybridized carbons (Fsp3) is 0.524. The molecule has 0 radical (unpaired) electrons. The second-order valence-electron chi connectivity index (χ2n) is 8.21. The molecule has 146 valence electrons. The van der Waals surface area contributed by atoms with Crippen LogP contribution in [0.5, 0.6) is 0 Å². The lowest BCUT2D eigenvalue weighted by atomic mass is 10.0. The van der Waals surface area contributed by atoms with Crippen molar-refractivity contribution >= 4 is 22.8 Å². The lowest BCUT2D eigenvalue weighted by Crippen LogP contribution is -2.34. The van der Waals surface area contributed by atoms with Crippen LogP contribution in [0.4, 0.5) is 15.0 Å². The number of amides is 1. The third-order valence-electron chi connectivity index (χ3n) is 4.79. The molecule has 2 heterocycles. The largest absolute Gasteiger partial charge is 0.444 e. The van der Waals surface area contributed by atoms with E-state index in [1.54, 1.807) is 13.0 Å². The predicted octanol–water partition coefficient (Wildman–Crippen LogP) is 4.87. The van der Waals surface area contributed by atoms with Gasteiger partial charge in [-0.2, -0.15) is 0 Å². The van der Waals surface area contributed by atoms with Crippen molar-refractivity contribution in [3.05, 3.63) is 35.1 Å². The number of fused-ring (bicyclic) bond motifs is 1. The maximum atomic E-state index is 14.0. The Balaban J connectivity index is 2.00. The number of anilines is 1. The van der Waals surface area contributed by atoms with Gasteiger partial charge >= 0.3 is 6.09 Å². The van der Waals surface area contributed by atoms with Crippen molar-refractivity contribution in [2.45, 2.75) is 59.1 Å². The van der Waals surface area contributed by atoms with E-state index in [4.69, 9.17) is 9.72 Å². The molecule has 6 heteroatoms. The van der Waals surface area contributed by atoms with Crippen LogP contribution in [0, 0.1) is 12.7 Å².